The van der Waals surface area contributed by atoms with Crippen molar-refractivity contribution in [1.82, 2.24) is 10.6 Å². The molecule has 1 fully saturated rings. The molecule has 1 aliphatic rings. The van der Waals surface area contributed by atoms with Crippen molar-refractivity contribution in [2.24, 2.45) is 0 Å². The molecule has 0 radical (unpaired) electrons. The number of amides is 2. The van der Waals surface area contributed by atoms with Crippen molar-refractivity contribution in [3.8, 4) is 0 Å². The van der Waals surface area contributed by atoms with Crippen LogP contribution in [0.2, 0.25) is 0 Å². The van der Waals surface area contributed by atoms with E-state index < -0.39 is 0 Å². The fraction of sp³-hybridized carbons (Fsp3) is 0.538. The number of piperidine rings is 1. The van der Waals surface area contributed by atoms with Crippen LogP contribution < -0.4 is 10.6 Å². The van der Waals surface area contributed by atoms with Gasteiger partial charge in [0, 0.05) is 18.9 Å². The third-order valence-corrected chi connectivity index (χ3v) is 3.13. The second-order valence-corrected chi connectivity index (χ2v) is 4.69. The minimum absolute atomic E-state index is 0.179. The number of hydrogen-bond acceptors (Lipinski definition) is 4. The molecule has 0 saturated carbocycles. The van der Waals surface area contributed by atoms with E-state index in [2.05, 4.69) is 10.6 Å². The third kappa shape index (κ3) is 3.43. The van der Waals surface area contributed by atoms with E-state index in [1.54, 1.807) is 6.26 Å². The summed E-state index contributed by atoms with van der Waals surface area (Å²) in [6.07, 6.45) is 4.39. The van der Waals surface area contributed by atoms with Gasteiger partial charge < -0.3 is 9.73 Å². The second-order valence-electron chi connectivity index (χ2n) is 4.69. The van der Waals surface area contributed by atoms with Gasteiger partial charge in [0.25, 0.3) is 0 Å². The lowest BCUT2D eigenvalue weighted by Gasteiger charge is -2.25. The fourth-order valence-electron chi connectivity index (χ4n) is 2.09. The Kier molecular flexibility index (Phi) is 4.15. The highest BCUT2D eigenvalue weighted by molar-refractivity contribution is 6.00. The van der Waals surface area contributed by atoms with Gasteiger partial charge in [0.1, 0.15) is 5.76 Å². The Bertz CT molecular complexity index is 414. The van der Waals surface area contributed by atoms with E-state index in [0.29, 0.717) is 12.8 Å². The Balaban J connectivity index is 1.75. The van der Waals surface area contributed by atoms with Crippen LogP contribution in [0.5, 0.6) is 0 Å². The zero-order chi connectivity index (χ0) is 13.0. The molecular weight excluding hydrogens is 232 g/mol. The standard InChI is InChI=1S/C13H18N2O3/c1-9(4-5-10-3-2-8-18-10)14-11-6-7-12(16)15-13(11)17/h2-3,8-9,11,14H,4-7H2,1H3,(H,15,16,17). The van der Waals surface area contributed by atoms with Gasteiger partial charge in [0.2, 0.25) is 11.8 Å². The topological polar surface area (TPSA) is 71.3 Å². The minimum Gasteiger partial charge on any atom is -0.469 e. The van der Waals surface area contributed by atoms with Crippen LogP contribution in [0, 0.1) is 0 Å². The van der Waals surface area contributed by atoms with E-state index in [-0.39, 0.29) is 23.9 Å². The first-order valence-corrected chi connectivity index (χ1v) is 6.27. The second kappa shape index (κ2) is 5.82. The van der Waals surface area contributed by atoms with E-state index in [1.165, 1.54) is 0 Å². The van der Waals surface area contributed by atoms with Gasteiger partial charge in [-0.05, 0) is 31.9 Å². The summed E-state index contributed by atoms with van der Waals surface area (Å²) in [6.45, 7) is 2.03. The first-order valence-electron chi connectivity index (χ1n) is 6.27. The average molecular weight is 250 g/mol. The maximum atomic E-state index is 11.6. The number of rotatable bonds is 5. The van der Waals surface area contributed by atoms with Gasteiger partial charge in [0.05, 0.1) is 12.3 Å². The molecule has 1 saturated heterocycles. The van der Waals surface area contributed by atoms with E-state index in [1.807, 2.05) is 19.1 Å². The zero-order valence-corrected chi connectivity index (χ0v) is 10.4. The van der Waals surface area contributed by atoms with Crippen LogP contribution >= 0.6 is 0 Å². The summed E-state index contributed by atoms with van der Waals surface area (Å²) in [5.41, 5.74) is 0. The third-order valence-electron chi connectivity index (χ3n) is 3.13. The van der Waals surface area contributed by atoms with Crippen molar-refractivity contribution in [1.29, 1.82) is 0 Å². The molecule has 2 atom stereocenters. The molecular formula is C13H18N2O3. The van der Waals surface area contributed by atoms with Gasteiger partial charge in [-0.1, -0.05) is 0 Å². The molecule has 2 unspecified atom stereocenters. The van der Waals surface area contributed by atoms with Crippen LogP contribution in [-0.4, -0.2) is 23.9 Å². The van der Waals surface area contributed by atoms with Gasteiger partial charge in [-0.2, -0.15) is 0 Å². The van der Waals surface area contributed by atoms with Crippen molar-refractivity contribution in [2.45, 2.75) is 44.7 Å². The lowest BCUT2D eigenvalue weighted by molar-refractivity contribution is -0.134. The minimum atomic E-state index is -0.255. The number of carbonyl (C=O) groups excluding carboxylic acids is 2. The summed E-state index contributed by atoms with van der Waals surface area (Å²) >= 11 is 0. The van der Waals surface area contributed by atoms with Crippen molar-refractivity contribution in [3.05, 3.63) is 24.2 Å². The normalized spacial score (nSPS) is 21.7. The van der Waals surface area contributed by atoms with Gasteiger partial charge >= 0.3 is 0 Å². The van der Waals surface area contributed by atoms with Crippen LogP contribution in [0.3, 0.4) is 0 Å². The zero-order valence-electron chi connectivity index (χ0n) is 10.4. The van der Waals surface area contributed by atoms with E-state index in [9.17, 15) is 9.59 Å². The summed E-state index contributed by atoms with van der Waals surface area (Å²) < 4.78 is 5.26. The highest BCUT2D eigenvalue weighted by Gasteiger charge is 2.27. The molecule has 5 heteroatoms. The molecule has 98 valence electrons. The molecule has 0 bridgehead atoms. The molecule has 0 aliphatic carbocycles. The number of hydrogen-bond donors (Lipinski definition) is 2. The molecule has 1 aromatic heterocycles. The Morgan fingerprint density at radius 2 is 2.39 bits per heavy atom. The number of carbonyl (C=O) groups is 2. The molecule has 2 amide bonds. The monoisotopic (exact) mass is 250 g/mol. The first kappa shape index (κ1) is 12.8. The van der Waals surface area contributed by atoms with Crippen LogP contribution in [0.25, 0.3) is 0 Å². The van der Waals surface area contributed by atoms with E-state index in [4.69, 9.17) is 4.42 Å². The van der Waals surface area contributed by atoms with Gasteiger partial charge in [-0.15, -0.1) is 0 Å². The summed E-state index contributed by atoms with van der Waals surface area (Å²) in [7, 11) is 0. The molecule has 1 aromatic rings. The lowest BCUT2D eigenvalue weighted by Crippen LogP contribution is -2.52. The number of furan rings is 1. The Morgan fingerprint density at radius 3 is 3.06 bits per heavy atom. The molecule has 18 heavy (non-hydrogen) atoms. The fourth-order valence-corrected chi connectivity index (χ4v) is 2.09. The SMILES string of the molecule is CC(CCc1ccco1)NC1CCC(=O)NC1=O. The lowest BCUT2D eigenvalue weighted by atomic mass is 10.0. The molecule has 5 nitrogen and oxygen atoms in total. The number of aryl methyl sites for hydroxylation is 1. The Morgan fingerprint density at radius 1 is 1.56 bits per heavy atom. The summed E-state index contributed by atoms with van der Waals surface area (Å²) in [5, 5.41) is 5.59. The van der Waals surface area contributed by atoms with Crippen LogP contribution in [0.4, 0.5) is 0 Å². The first-order chi connectivity index (χ1) is 8.65. The smallest absolute Gasteiger partial charge is 0.243 e. The predicted octanol–water partition coefficient (Wildman–Crippen LogP) is 0.995. The molecule has 2 N–H and O–H groups in total. The highest BCUT2D eigenvalue weighted by atomic mass is 16.3. The summed E-state index contributed by atoms with van der Waals surface area (Å²) in [4.78, 5) is 22.6. The molecule has 1 aliphatic heterocycles. The highest BCUT2D eigenvalue weighted by Crippen LogP contribution is 2.09. The van der Waals surface area contributed by atoms with Crippen LogP contribution in [0.15, 0.2) is 22.8 Å². The van der Waals surface area contributed by atoms with Crippen LogP contribution in [-0.2, 0) is 16.0 Å². The molecule has 0 spiro atoms. The van der Waals surface area contributed by atoms with Crippen molar-refractivity contribution in [2.75, 3.05) is 0 Å². The largest absolute Gasteiger partial charge is 0.469 e. The maximum Gasteiger partial charge on any atom is 0.243 e. The van der Waals surface area contributed by atoms with Crippen molar-refractivity contribution in [3.63, 3.8) is 0 Å². The Hall–Kier alpha value is -1.62. The average Bonchev–Trinajstić information content (AvgIpc) is 2.83. The summed E-state index contributed by atoms with van der Waals surface area (Å²) in [5.74, 6) is 0.560. The van der Waals surface area contributed by atoms with Gasteiger partial charge in [0.15, 0.2) is 0 Å². The van der Waals surface area contributed by atoms with E-state index in [0.717, 1.165) is 18.6 Å². The quantitative estimate of drug-likeness (QED) is 0.765. The van der Waals surface area contributed by atoms with Crippen molar-refractivity contribution >= 4 is 11.8 Å². The molecule has 2 rings (SSSR count). The summed E-state index contributed by atoms with van der Waals surface area (Å²) in [6, 6.07) is 3.76. The van der Waals surface area contributed by atoms with Crippen molar-refractivity contribution < 1.29 is 14.0 Å². The Labute approximate surface area is 106 Å². The number of nitrogens with one attached hydrogen (secondary N) is 2. The number of imide groups is 1. The molecule has 0 aromatic carbocycles. The molecule has 2 heterocycles. The van der Waals surface area contributed by atoms with E-state index >= 15 is 0 Å². The maximum absolute atomic E-state index is 11.6. The van der Waals surface area contributed by atoms with Gasteiger partial charge in [-0.25, -0.2) is 0 Å². The van der Waals surface area contributed by atoms with Crippen LogP contribution in [0.1, 0.15) is 31.9 Å². The van der Waals surface area contributed by atoms with Gasteiger partial charge in [-0.3, -0.25) is 14.9 Å². The predicted molar refractivity (Wildman–Crippen MR) is 65.8 cm³/mol.